The molecule has 0 amide bonds. The van der Waals surface area contributed by atoms with Crippen LogP contribution >= 0.6 is 0 Å². The van der Waals surface area contributed by atoms with E-state index in [0.29, 0.717) is 24.6 Å². The summed E-state index contributed by atoms with van der Waals surface area (Å²) in [4.78, 5) is 8.22. The van der Waals surface area contributed by atoms with Crippen LogP contribution in [-0.4, -0.2) is 15.1 Å². The summed E-state index contributed by atoms with van der Waals surface area (Å²) in [5.41, 5.74) is 0.878. The molecule has 2 aromatic heterocycles. The second-order valence-electron chi connectivity index (χ2n) is 3.92. The topological polar surface area (TPSA) is 75.6 Å². The molecular formula is C12H12N4O. The van der Waals surface area contributed by atoms with Gasteiger partial charge in [-0.2, -0.15) is 10.2 Å². The molecule has 5 nitrogen and oxygen atoms in total. The van der Waals surface area contributed by atoms with Crippen molar-refractivity contribution in [3.63, 3.8) is 0 Å². The number of nitrogens with zero attached hydrogens (tertiary/aromatic N) is 4. The van der Waals surface area contributed by atoms with E-state index in [9.17, 15) is 0 Å². The van der Waals surface area contributed by atoms with Gasteiger partial charge in [0.15, 0.2) is 0 Å². The van der Waals surface area contributed by atoms with Gasteiger partial charge in [-0.3, -0.25) is 4.98 Å². The van der Waals surface area contributed by atoms with Crippen molar-refractivity contribution in [2.75, 3.05) is 0 Å². The second kappa shape index (κ2) is 5.21. The average molecular weight is 228 g/mol. The fraction of sp³-hybridized carbons (Fsp3) is 0.333. The molecular weight excluding hydrogens is 216 g/mol. The molecule has 2 rings (SSSR count). The highest BCUT2D eigenvalue weighted by atomic mass is 16.5. The molecule has 0 aliphatic heterocycles. The molecule has 1 unspecified atom stereocenters. The van der Waals surface area contributed by atoms with E-state index >= 15 is 0 Å². The van der Waals surface area contributed by atoms with Gasteiger partial charge in [0, 0.05) is 30.8 Å². The van der Waals surface area contributed by atoms with Crippen molar-refractivity contribution in [1.82, 2.24) is 15.1 Å². The number of nitriles is 1. The Morgan fingerprint density at radius 2 is 2.18 bits per heavy atom. The summed E-state index contributed by atoms with van der Waals surface area (Å²) in [6, 6.07) is 5.78. The lowest BCUT2D eigenvalue weighted by Crippen LogP contribution is -1.98. The predicted molar refractivity (Wildman–Crippen MR) is 60.6 cm³/mol. The quantitative estimate of drug-likeness (QED) is 0.802. The SMILES string of the molecule is CC(CC#N)Cc1nc(-c2ccncc2)no1. The fourth-order valence-corrected chi connectivity index (χ4v) is 1.48. The minimum absolute atomic E-state index is 0.228. The first-order chi connectivity index (χ1) is 8.29. The summed E-state index contributed by atoms with van der Waals surface area (Å²) in [7, 11) is 0. The van der Waals surface area contributed by atoms with Crippen molar-refractivity contribution in [2.45, 2.75) is 19.8 Å². The van der Waals surface area contributed by atoms with Crippen molar-refractivity contribution in [3.8, 4) is 17.5 Å². The van der Waals surface area contributed by atoms with Gasteiger partial charge in [0.1, 0.15) is 0 Å². The molecule has 2 aromatic rings. The van der Waals surface area contributed by atoms with Crippen molar-refractivity contribution in [3.05, 3.63) is 30.4 Å². The fourth-order valence-electron chi connectivity index (χ4n) is 1.48. The van der Waals surface area contributed by atoms with Crippen LogP contribution in [0.1, 0.15) is 19.2 Å². The standard InChI is InChI=1S/C12H12N4O/c1-9(2-5-13)8-11-15-12(16-17-11)10-3-6-14-7-4-10/h3-4,6-7,9H,2,8H2,1H3. The van der Waals surface area contributed by atoms with Crippen LogP contribution in [0.2, 0.25) is 0 Å². The van der Waals surface area contributed by atoms with Gasteiger partial charge in [-0.15, -0.1) is 0 Å². The van der Waals surface area contributed by atoms with Crippen LogP contribution in [0, 0.1) is 17.2 Å². The lowest BCUT2D eigenvalue weighted by Gasteiger charge is -2.00. The van der Waals surface area contributed by atoms with Crippen LogP contribution in [0.15, 0.2) is 29.0 Å². The number of aromatic nitrogens is 3. The van der Waals surface area contributed by atoms with Crippen molar-refractivity contribution >= 4 is 0 Å². The molecule has 0 aliphatic rings. The van der Waals surface area contributed by atoms with Crippen molar-refractivity contribution in [1.29, 1.82) is 5.26 Å². The smallest absolute Gasteiger partial charge is 0.227 e. The highest BCUT2D eigenvalue weighted by Gasteiger charge is 2.11. The maximum Gasteiger partial charge on any atom is 0.227 e. The molecule has 5 heteroatoms. The summed E-state index contributed by atoms with van der Waals surface area (Å²) in [6.07, 6.45) is 4.49. The molecule has 17 heavy (non-hydrogen) atoms. The first-order valence-corrected chi connectivity index (χ1v) is 5.39. The summed E-state index contributed by atoms with van der Waals surface area (Å²) in [5, 5.41) is 12.5. The Hall–Kier alpha value is -2.22. The van der Waals surface area contributed by atoms with Crippen LogP contribution in [0.25, 0.3) is 11.4 Å². The van der Waals surface area contributed by atoms with Crippen LogP contribution in [0.4, 0.5) is 0 Å². The van der Waals surface area contributed by atoms with Crippen LogP contribution in [0.5, 0.6) is 0 Å². The zero-order chi connectivity index (χ0) is 12.1. The van der Waals surface area contributed by atoms with E-state index in [2.05, 4.69) is 21.2 Å². The van der Waals surface area contributed by atoms with Crippen LogP contribution in [-0.2, 0) is 6.42 Å². The molecule has 86 valence electrons. The molecule has 1 atom stereocenters. The Morgan fingerprint density at radius 3 is 2.88 bits per heavy atom. The van der Waals surface area contributed by atoms with Gasteiger partial charge in [0.05, 0.1) is 6.07 Å². The van der Waals surface area contributed by atoms with Gasteiger partial charge in [-0.05, 0) is 18.1 Å². The van der Waals surface area contributed by atoms with E-state index in [1.807, 2.05) is 19.1 Å². The van der Waals surface area contributed by atoms with Gasteiger partial charge in [-0.1, -0.05) is 12.1 Å². The summed E-state index contributed by atoms with van der Waals surface area (Å²) >= 11 is 0. The third-order valence-electron chi connectivity index (χ3n) is 2.37. The van der Waals surface area contributed by atoms with E-state index in [-0.39, 0.29) is 5.92 Å². The van der Waals surface area contributed by atoms with Gasteiger partial charge >= 0.3 is 0 Å². The molecule has 0 bridgehead atoms. The van der Waals surface area contributed by atoms with Crippen LogP contribution < -0.4 is 0 Å². The van der Waals surface area contributed by atoms with Gasteiger partial charge in [0.25, 0.3) is 0 Å². The van der Waals surface area contributed by atoms with Crippen molar-refractivity contribution in [2.24, 2.45) is 5.92 Å². The summed E-state index contributed by atoms with van der Waals surface area (Å²) in [6.45, 7) is 1.99. The highest BCUT2D eigenvalue weighted by molar-refractivity contribution is 5.52. The molecule has 0 aliphatic carbocycles. The monoisotopic (exact) mass is 228 g/mol. The molecule has 0 saturated carbocycles. The molecule has 0 saturated heterocycles. The van der Waals surface area contributed by atoms with Gasteiger partial charge < -0.3 is 4.52 Å². The highest BCUT2D eigenvalue weighted by Crippen LogP contribution is 2.16. The molecule has 0 spiro atoms. The Kier molecular flexibility index (Phi) is 3.46. The number of hydrogen-bond acceptors (Lipinski definition) is 5. The second-order valence-corrected chi connectivity index (χ2v) is 3.92. The van der Waals surface area contributed by atoms with E-state index in [1.165, 1.54) is 0 Å². The maximum absolute atomic E-state index is 8.57. The van der Waals surface area contributed by atoms with Gasteiger partial charge in [-0.25, -0.2) is 0 Å². The largest absolute Gasteiger partial charge is 0.339 e. The molecule has 2 heterocycles. The molecule has 0 aromatic carbocycles. The Labute approximate surface area is 99.1 Å². The summed E-state index contributed by atoms with van der Waals surface area (Å²) in [5.74, 6) is 1.36. The Morgan fingerprint density at radius 1 is 1.41 bits per heavy atom. The number of pyridine rings is 1. The lowest BCUT2D eigenvalue weighted by atomic mass is 10.1. The maximum atomic E-state index is 8.57. The van der Waals surface area contributed by atoms with E-state index in [0.717, 1.165) is 5.56 Å². The van der Waals surface area contributed by atoms with E-state index in [4.69, 9.17) is 9.78 Å². The molecule has 0 N–H and O–H groups in total. The average Bonchev–Trinajstić information content (AvgIpc) is 2.79. The zero-order valence-electron chi connectivity index (χ0n) is 9.50. The summed E-state index contributed by atoms with van der Waals surface area (Å²) < 4.78 is 5.15. The molecule has 0 radical (unpaired) electrons. The first kappa shape index (κ1) is 11.3. The normalized spacial score (nSPS) is 12.0. The van der Waals surface area contributed by atoms with Gasteiger partial charge in [0.2, 0.25) is 11.7 Å². The Bertz CT molecular complexity index is 515. The number of hydrogen-bond donors (Lipinski definition) is 0. The third kappa shape index (κ3) is 2.88. The first-order valence-electron chi connectivity index (χ1n) is 5.39. The number of rotatable bonds is 4. The van der Waals surface area contributed by atoms with E-state index < -0.39 is 0 Å². The lowest BCUT2D eigenvalue weighted by molar-refractivity contribution is 0.359. The predicted octanol–water partition coefficient (Wildman–Crippen LogP) is 2.22. The Balaban J connectivity index is 2.09. The minimum atomic E-state index is 0.228. The minimum Gasteiger partial charge on any atom is -0.339 e. The van der Waals surface area contributed by atoms with Crippen LogP contribution in [0.3, 0.4) is 0 Å². The zero-order valence-corrected chi connectivity index (χ0v) is 9.50. The van der Waals surface area contributed by atoms with Crippen molar-refractivity contribution < 1.29 is 4.52 Å². The third-order valence-corrected chi connectivity index (χ3v) is 2.37. The van der Waals surface area contributed by atoms with E-state index in [1.54, 1.807) is 12.4 Å². The molecule has 0 fully saturated rings.